The number of nitrogens with one attached hydrogen (secondary N) is 2. The summed E-state index contributed by atoms with van der Waals surface area (Å²) in [6.07, 6.45) is 2.60. The molecule has 1 atom stereocenters. The molecular weight excluding hydrogens is 346 g/mol. The van der Waals surface area contributed by atoms with Crippen molar-refractivity contribution >= 4 is 22.5 Å². The van der Waals surface area contributed by atoms with Gasteiger partial charge in [-0.15, -0.1) is 0 Å². The zero-order valence-electron chi connectivity index (χ0n) is 17.5. The lowest BCUT2D eigenvalue weighted by molar-refractivity contribution is -0.122. The van der Waals surface area contributed by atoms with Gasteiger partial charge in [0, 0.05) is 55.8 Å². The van der Waals surface area contributed by atoms with Gasteiger partial charge in [0.15, 0.2) is 0 Å². The number of nitrogens with zero attached hydrogens (tertiary/aromatic N) is 1. The predicted octanol–water partition coefficient (Wildman–Crippen LogP) is 4.92. The Labute approximate surface area is 167 Å². The summed E-state index contributed by atoms with van der Waals surface area (Å²) in [6.45, 7) is 6.84. The van der Waals surface area contributed by atoms with Crippen LogP contribution >= 0.6 is 0 Å². The van der Waals surface area contributed by atoms with Gasteiger partial charge in [-0.2, -0.15) is 0 Å². The summed E-state index contributed by atoms with van der Waals surface area (Å²) in [5.41, 5.74) is 4.68. The first kappa shape index (κ1) is 20.0. The first-order chi connectivity index (χ1) is 13.2. The summed E-state index contributed by atoms with van der Waals surface area (Å²) < 4.78 is 0. The molecule has 4 heteroatoms. The highest BCUT2D eigenvalue weighted by atomic mass is 16.1. The molecule has 0 bridgehead atoms. The summed E-state index contributed by atoms with van der Waals surface area (Å²) in [4.78, 5) is 17.9. The summed E-state index contributed by atoms with van der Waals surface area (Å²) >= 11 is 0. The van der Waals surface area contributed by atoms with Gasteiger partial charge in [0.05, 0.1) is 0 Å². The number of H-pyrrole nitrogens is 1. The van der Waals surface area contributed by atoms with Crippen molar-refractivity contribution in [3.8, 4) is 0 Å². The summed E-state index contributed by atoms with van der Waals surface area (Å²) in [7, 11) is 4.08. The fourth-order valence-corrected chi connectivity index (χ4v) is 3.55. The van der Waals surface area contributed by atoms with E-state index >= 15 is 0 Å². The molecule has 0 aliphatic rings. The third-order valence-electron chi connectivity index (χ3n) is 5.00. The minimum Gasteiger partial charge on any atom is -0.378 e. The van der Waals surface area contributed by atoms with Gasteiger partial charge in [-0.3, -0.25) is 4.79 Å². The normalized spacial score (nSPS) is 12.8. The van der Waals surface area contributed by atoms with Crippen molar-refractivity contribution in [3.63, 3.8) is 0 Å². The van der Waals surface area contributed by atoms with Crippen LogP contribution in [0.4, 0.5) is 5.69 Å². The fraction of sp³-hybridized carbons (Fsp3) is 0.375. The lowest BCUT2D eigenvalue weighted by Crippen LogP contribution is -2.31. The number of carbonyl (C=O) groups is 1. The maximum Gasteiger partial charge on any atom is 0.220 e. The van der Waals surface area contributed by atoms with Crippen molar-refractivity contribution in [1.29, 1.82) is 0 Å². The van der Waals surface area contributed by atoms with Crippen LogP contribution in [0.1, 0.15) is 44.2 Å². The van der Waals surface area contributed by atoms with Crippen molar-refractivity contribution in [3.05, 3.63) is 65.9 Å². The largest absolute Gasteiger partial charge is 0.378 e. The number of benzene rings is 2. The van der Waals surface area contributed by atoms with Crippen LogP contribution in [0.25, 0.3) is 10.9 Å². The fourth-order valence-electron chi connectivity index (χ4n) is 3.55. The first-order valence-corrected chi connectivity index (χ1v) is 9.84. The van der Waals surface area contributed by atoms with E-state index in [-0.39, 0.29) is 17.2 Å². The van der Waals surface area contributed by atoms with E-state index in [4.69, 9.17) is 0 Å². The van der Waals surface area contributed by atoms with Crippen LogP contribution in [0.2, 0.25) is 0 Å². The molecule has 2 aromatic carbocycles. The average Bonchev–Trinajstić information content (AvgIpc) is 3.05. The number of hydrogen-bond acceptors (Lipinski definition) is 2. The molecule has 148 valence electrons. The minimum absolute atomic E-state index is 0.0201. The molecule has 4 nitrogen and oxygen atoms in total. The summed E-state index contributed by atoms with van der Waals surface area (Å²) in [5.74, 6) is 0.193. The van der Waals surface area contributed by atoms with Gasteiger partial charge >= 0.3 is 0 Å². The van der Waals surface area contributed by atoms with E-state index in [2.05, 4.69) is 84.6 Å². The monoisotopic (exact) mass is 377 g/mol. The SMILES string of the molecule is CN(C)c1ccc(C(CNC(=O)CC(C)(C)C)c2c[nH]c3ccccc23)cc1. The molecular formula is C24H31N3O. The highest BCUT2D eigenvalue weighted by Crippen LogP contribution is 2.31. The molecule has 1 aromatic heterocycles. The van der Waals surface area contributed by atoms with Crippen LogP contribution in [-0.4, -0.2) is 31.5 Å². The Hall–Kier alpha value is -2.75. The third-order valence-corrected chi connectivity index (χ3v) is 5.00. The van der Waals surface area contributed by atoms with E-state index in [9.17, 15) is 4.79 Å². The van der Waals surface area contributed by atoms with Crippen LogP contribution in [0.3, 0.4) is 0 Å². The van der Waals surface area contributed by atoms with Gasteiger partial charge in [0.25, 0.3) is 0 Å². The van der Waals surface area contributed by atoms with Crippen molar-refractivity contribution in [2.45, 2.75) is 33.1 Å². The molecule has 1 heterocycles. The van der Waals surface area contributed by atoms with Crippen molar-refractivity contribution in [1.82, 2.24) is 10.3 Å². The number of rotatable bonds is 6. The Kier molecular flexibility index (Phi) is 5.78. The van der Waals surface area contributed by atoms with Gasteiger partial charge < -0.3 is 15.2 Å². The number of aromatic nitrogens is 1. The third kappa shape index (κ3) is 4.75. The second-order valence-corrected chi connectivity index (χ2v) is 8.87. The Balaban J connectivity index is 1.91. The van der Waals surface area contributed by atoms with Crippen LogP contribution in [0.5, 0.6) is 0 Å². The maximum absolute atomic E-state index is 12.4. The number of carbonyl (C=O) groups excluding carboxylic acids is 1. The summed E-state index contributed by atoms with van der Waals surface area (Å²) in [6, 6.07) is 16.9. The smallest absolute Gasteiger partial charge is 0.220 e. The lowest BCUT2D eigenvalue weighted by atomic mass is 9.89. The molecule has 2 N–H and O–H groups in total. The minimum atomic E-state index is -0.0201. The van der Waals surface area contributed by atoms with Crippen LogP contribution in [-0.2, 0) is 4.79 Å². The Morgan fingerprint density at radius 2 is 1.75 bits per heavy atom. The molecule has 0 fully saturated rings. The highest BCUT2D eigenvalue weighted by Gasteiger charge is 2.21. The number of aromatic amines is 1. The van der Waals surface area contributed by atoms with Gasteiger partial charge in [-0.25, -0.2) is 0 Å². The molecule has 0 saturated carbocycles. The molecule has 3 aromatic rings. The predicted molar refractivity (Wildman–Crippen MR) is 118 cm³/mol. The second-order valence-electron chi connectivity index (χ2n) is 8.87. The van der Waals surface area contributed by atoms with E-state index in [1.807, 2.05) is 20.2 Å². The van der Waals surface area contributed by atoms with Gasteiger partial charge in [-0.05, 0) is 34.7 Å². The molecule has 0 aliphatic heterocycles. The first-order valence-electron chi connectivity index (χ1n) is 9.84. The number of fused-ring (bicyclic) bond motifs is 1. The topological polar surface area (TPSA) is 48.1 Å². The maximum atomic E-state index is 12.4. The van der Waals surface area contributed by atoms with Crippen molar-refractivity contribution in [2.75, 3.05) is 25.5 Å². The van der Waals surface area contributed by atoms with E-state index in [1.54, 1.807) is 0 Å². The quantitative estimate of drug-likeness (QED) is 0.641. The second kappa shape index (κ2) is 8.09. The molecule has 1 amide bonds. The highest BCUT2D eigenvalue weighted by molar-refractivity contribution is 5.84. The molecule has 0 saturated heterocycles. The standard InChI is InChI=1S/C24H31N3O/c1-24(2,3)14-23(28)26-15-20(17-10-12-18(13-11-17)27(4)5)21-16-25-22-9-7-6-8-19(21)22/h6-13,16,20,25H,14-15H2,1-5H3,(H,26,28). The summed E-state index contributed by atoms with van der Waals surface area (Å²) in [5, 5.41) is 4.37. The molecule has 0 radical (unpaired) electrons. The van der Waals surface area contributed by atoms with E-state index < -0.39 is 0 Å². The van der Waals surface area contributed by atoms with E-state index in [0.29, 0.717) is 13.0 Å². The Morgan fingerprint density at radius 1 is 1.07 bits per heavy atom. The lowest BCUT2D eigenvalue weighted by Gasteiger charge is -2.22. The number of hydrogen-bond donors (Lipinski definition) is 2. The van der Waals surface area contributed by atoms with Gasteiger partial charge in [0.2, 0.25) is 5.91 Å². The molecule has 0 spiro atoms. The van der Waals surface area contributed by atoms with Crippen LogP contribution in [0.15, 0.2) is 54.7 Å². The van der Waals surface area contributed by atoms with Gasteiger partial charge in [0.1, 0.15) is 0 Å². The molecule has 3 rings (SSSR count). The number of para-hydroxylation sites is 1. The van der Waals surface area contributed by atoms with Crippen molar-refractivity contribution < 1.29 is 4.79 Å². The molecule has 0 aliphatic carbocycles. The Bertz CT molecular complexity index is 932. The van der Waals surface area contributed by atoms with Crippen LogP contribution < -0.4 is 10.2 Å². The van der Waals surface area contributed by atoms with Gasteiger partial charge in [-0.1, -0.05) is 51.1 Å². The number of amides is 1. The zero-order valence-corrected chi connectivity index (χ0v) is 17.5. The number of anilines is 1. The Morgan fingerprint density at radius 3 is 2.39 bits per heavy atom. The van der Waals surface area contributed by atoms with Crippen molar-refractivity contribution in [2.24, 2.45) is 5.41 Å². The average molecular weight is 378 g/mol. The van der Waals surface area contributed by atoms with E-state index in [0.717, 1.165) is 11.2 Å². The molecule has 1 unspecified atom stereocenters. The van der Waals surface area contributed by atoms with Crippen LogP contribution in [0, 0.1) is 5.41 Å². The molecule has 28 heavy (non-hydrogen) atoms. The zero-order chi connectivity index (χ0) is 20.3. The van der Waals surface area contributed by atoms with E-state index in [1.165, 1.54) is 16.5 Å².